The summed E-state index contributed by atoms with van der Waals surface area (Å²) in [4.78, 5) is 18.5. The van der Waals surface area contributed by atoms with Crippen molar-refractivity contribution >= 4 is 11.9 Å². The highest BCUT2D eigenvalue weighted by Crippen LogP contribution is 2.46. The number of carbonyl (C=O) groups is 1. The van der Waals surface area contributed by atoms with Crippen molar-refractivity contribution in [3.8, 4) is 16.9 Å². The molecule has 1 atom stereocenters. The molecule has 0 saturated carbocycles. The first-order chi connectivity index (χ1) is 12.0. The van der Waals surface area contributed by atoms with Gasteiger partial charge in [0.15, 0.2) is 5.96 Å². The Morgan fingerprint density at radius 1 is 1.20 bits per heavy atom. The molecule has 5 nitrogen and oxygen atoms in total. The number of ether oxygens (including phenoxy) is 1. The predicted octanol–water partition coefficient (Wildman–Crippen LogP) is 2.68. The maximum atomic E-state index is 12.4. The SMILES string of the molecule is COc1cccc(-c2ccc3c(c2)[C@]2(CC3)CC(=O)N(C)C(N)=N2)c1. The average Bonchev–Trinajstić information content (AvgIpc) is 2.97. The number of hydrogen-bond donors (Lipinski definition) is 1. The number of aryl methyl sites for hydroxylation is 1. The van der Waals surface area contributed by atoms with Gasteiger partial charge in [-0.05, 0) is 53.3 Å². The summed E-state index contributed by atoms with van der Waals surface area (Å²) in [6.07, 6.45) is 2.12. The maximum Gasteiger partial charge on any atom is 0.231 e. The fourth-order valence-electron chi connectivity index (χ4n) is 3.82. The van der Waals surface area contributed by atoms with Gasteiger partial charge in [0.25, 0.3) is 0 Å². The first kappa shape index (κ1) is 15.7. The summed E-state index contributed by atoms with van der Waals surface area (Å²) in [5.74, 6) is 1.15. The number of methoxy groups -OCH3 is 1. The van der Waals surface area contributed by atoms with Crippen molar-refractivity contribution in [3.05, 3.63) is 53.6 Å². The number of nitrogens with zero attached hydrogens (tertiary/aromatic N) is 2. The van der Waals surface area contributed by atoms with Gasteiger partial charge in [-0.3, -0.25) is 9.69 Å². The van der Waals surface area contributed by atoms with Crippen LogP contribution in [0.4, 0.5) is 0 Å². The minimum atomic E-state index is -0.516. The summed E-state index contributed by atoms with van der Waals surface area (Å²) < 4.78 is 5.33. The molecule has 1 aliphatic carbocycles. The van der Waals surface area contributed by atoms with Crippen LogP contribution < -0.4 is 10.5 Å². The molecule has 2 aromatic carbocycles. The molecule has 25 heavy (non-hydrogen) atoms. The van der Waals surface area contributed by atoms with Gasteiger partial charge in [-0.1, -0.05) is 24.3 Å². The molecular formula is C20H21N3O2. The van der Waals surface area contributed by atoms with Crippen molar-refractivity contribution in [1.82, 2.24) is 4.90 Å². The van der Waals surface area contributed by atoms with Gasteiger partial charge in [-0.25, -0.2) is 4.99 Å². The molecule has 1 aliphatic heterocycles. The topological polar surface area (TPSA) is 67.9 Å². The standard InChI is InChI=1S/C20H21N3O2/c1-23-18(24)12-20(22-19(23)21)9-8-13-6-7-15(11-17(13)20)14-4-3-5-16(10-14)25-2/h3-7,10-11H,8-9,12H2,1-2H3,(H2,21,22)/t20-/m0/s1. The molecule has 0 fully saturated rings. The van der Waals surface area contributed by atoms with Crippen LogP contribution in [0.15, 0.2) is 47.5 Å². The summed E-state index contributed by atoms with van der Waals surface area (Å²) in [7, 11) is 3.34. The lowest BCUT2D eigenvalue weighted by Gasteiger charge is -2.34. The number of carbonyl (C=O) groups excluding carboxylic acids is 1. The fourth-order valence-corrected chi connectivity index (χ4v) is 3.82. The quantitative estimate of drug-likeness (QED) is 0.917. The van der Waals surface area contributed by atoms with Gasteiger partial charge >= 0.3 is 0 Å². The minimum Gasteiger partial charge on any atom is -0.497 e. The molecule has 2 N–H and O–H groups in total. The molecule has 0 aromatic heterocycles. The van der Waals surface area contributed by atoms with Crippen molar-refractivity contribution in [3.63, 3.8) is 0 Å². The summed E-state index contributed by atoms with van der Waals surface area (Å²) >= 11 is 0. The second-order valence-electron chi connectivity index (χ2n) is 6.74. The Morgan fingerprint density at radius 2 is 2.00 bits per heavy atom. The van der Waals surface area contributed by atoms with Gasteiger partial charge < -0.3 is 10.5 Å². The number of benzene rings is 2. The first-order valence-corrected chi connectivity index (χ1v) is 8.42. The molecule has 0 saturated heterocycles. The molecule has 128 valence electrons. The number of aliphatic imine (C=N–C) groups is 1. The Kier molecular flexibility index (Phi) is 3.53. The van der Waals surface area contributed by atoms with Crippen LogP contribution >= 0.6 is 0 Å². The van der Waals surface area contributed by atoms with Crippen LogP contribution in [0, 0.1) is 0 Å². The summed E-state index contributed by atoms with van der Waals surface area (Å²) in [6, 6.07) is 14.4. The second-order valence-corrected chi connectivity index (χ2v) is 6.74. The highest BCUT2D eigenvalue weighted by atomic mass is 16.5. The number of guanidine groups is 1. The smallest absolute Gasteiger partial charge is 0.231 e. The molecule has 0 radical (unpaired) electrons. The van der Waals surface area contributed by atoms with Crippen LogP contribution in [0.1, 0.15) is 24.0 Å². The van der Waals surface area contributed by atoms with E-state index in [4.69, 9.17) is 15.5 Å². The van der Waals surface area contributed by atoms with E-state index in [0.717, 1.165) is 35.3 Å². The summed E-state index contributed by atoms with van der Waals surface area (Å²) in [6.45, 7) is 0. The number of amides is 1. The highest BCUT2D eigenvalue weighted by Gasteiger charge is 2.44. The largest absolute Gasteiger partial charge is 0.497 e. The number of fused-ring (bicyclic) bond motifs is 2. The van der Waals surface area contributed by atoms with Crippen molar-refractivity contribution in [2.24, 2.45) is 10.7 Å². The van der Waals surface area contributed by atoms with Crippen LogP contribution in [0.25, 0.3) is 11.1 Å². The molecule has 4 rings (SSSR count). The Hall–Kier alpha value is -2.82. The third-order valence-electron chi connectivity index (χ3n) is 5.31. The normalized spacial score (nSPS) is 22.1. The van der Waals surface area contributed by atoms with E-state index in [0.29, 0.717) is 12.4 Å². The third-order valence-corrected chi connectivity index (χ3v) is 5.31. The average molecular weight is 335 g/mol. The Bertz CT molecular complexity index is 890. The molecule has 2 aliphatic rings. The third kappa shape index (κ3) is 2.47. The van der Waals surface area contributed by atoms with Crippen LogP contribution in [0.5, 0.6) is 5.75 Å². The molecule has 1 heterocycles. The molecule has 2 aromatic rings. The monoisotopic (exact) mass is 335 g/mol. The number of nitrogens with two attached hydrogens (primary N) is 1. The zero-order valence-electron chi connectivity index (χ0n) is 14.5. The number of rotatable bonds is 2. The first-order valence-electron chi connectivity index (χ1n) is 8.42. The lowest BCUT2D eigenvalue weighted by atomic mass is 9.86. The zero-order chi connectivity index (χ0) is 17.6. The lowest BCUT2D eigenvalue weighted by molar-refractivity contribution is -0.128. The van der Waals surface area contributed by atoms with E-state index in [-0.39, 0.29) is 5.91 Å². The Balaban J connectivity index is 1.81. The van der Waals surface area contributed by atoms with Gasteiger partial charge in [0, 0.05) is 7.05 Å². The summed E-state index contributed by atoms with van der Waals surface area (Å²) in [5, 5.41) is 0. The number of hydrogen-bond acceptors (Lipinski definition) is 4. The van der Waals surface area contributed by atoms with E-state index >= 15 is 0 Å². The van der Waals surface area contributed by atoms with E-state index in [2.05, 4.69) is 24.3 Å². The van der Waals surface area contributed by atoms with Crippen molar-refractivity contribution in [2.45, 2.75) is 24.8 Å². The van der Waals surface area contributed by atoms with Crippen LogP contribution in [0.3, 0.4) is 0 Å². The predicted molar refractivity (Wildman–Crippen MR) is 97.4 cm³/mol. The van der Waals surface area contributed by atoms with Crippen LogP contribution in [-0.4, -0.2) is 30.9 Å². The van der Waals surface area contributed by atoms with Crippen LogP contribution in [-0.2, 0) is 16.8 Å². The van der Waals surface area contributed by atoms with E-state index in [1.807, 2.05) is 18.2 Å². The lowest BCUT2D eigenvalue weighted by Crippen LogP contribution is -2.47. The molecule has 1 spiro atoms. The molecule has 0 unspecified atom stereocenters. The molecule has 5 heteroatoms. The van der Waals surface area contributed by atoms with Crippen molar-refractivity contribution in [2.75, 3.05) is 14.2 Å². The minimum absolute atomic E-state index is 0.0205. The van der Waals surface area contributed by atoms with Gasteiger partial charge in [0.1, 0.15) is 5.75 Å². The van der Waals surface area contributed by atoms with Gasteiger partial charge in [-0.15, -0.1) is 0 Å². The highest BCUT2D eigenvalue weighted by molar-refractivity contribution is 5.99. The van der Waals surface area contributed by atoms with Crippen molar-refractivity contribution in [1.29, 1.82) is 0 Å². The molecular weight excluding hydrogens is 314 g/mol. The maximum absolute atomic E-state index is 12.4. The van der Waals surface area contributed by atoms with Crippen LogP contribution in [0.2, 0.25) is 0 Å². The van der Waals surface area contributed by atoms with Gasteiger partial charge in [0.2, 0.25) is 5.91 Å². The fraction of sp³-hybridized carbons (Fsp3) is 0.300. The Labute approximate surface area is 147 Å². The molecule has 0 bridgehead atoms. The van der Waals surface area contributed by atoms with E-state index in [1.54, 1.807) is 14.2 Å². The molecule has 1 amide bonds. The van der Waals surface area contributed by atoms with Gasteiger partial charge in [0.05, 0.1) is 19.1 Å². The van der Waals surface area contributed by atoms with Gasteiger partial charge in [-0.2, -0.15) is 0 Å². The second kappa shape index (κ2) is 5.62. The Morgan fingerprint density at radius 3 is 2.76 bits per heavy atom. The van der Waals surface area contributed by atoms with E-state index in [9.17, 15) is 4.79 Å². The van der Waals surface area contributed by atoms with E-state index in [1.165, 1.54) is 10.5 Å². The zero-order valence-corrected chi connectivity index (χ0v) is 14.5. The summed E-state index contributed by atoms with van der Waals surface area (Å²) in [5.41, 5.74) is 10.0. The van der Waals surface area contributed by atoms with E-state index < -0.39 is 5.54 Å². The van der Waals surface area contributed by atoms with Crippen molar-refractivity contribution < 1.29 is 9.53 Å².